The van der Waals surface area contributed by atoms with Crippen molar-refractivity contribution in [1.82, 2.24) is 10.2 Å². The third kappa shape index (κ3) is 4.55. The molecule has 1 saturated heterocycles. The van der Waals surface area contributed by atoms with E-state index in [1.54, 1.807) is 23.1 Å². The fourth-order valence-corrected chi connectivity index (χ4v) is 2.66. The third-order valence-corrected chi connectivity index (χ3v) is 3.82. The molecule has 0 aromatic heterocycles. The van der Waals surface area contributed by atoms with Gasteiger partial charge in [-0.15, -0.1) is 0 Å². The van der Waals surface area contributed by atoms with Crippen LogP contribution in [-0.2, 0) is 16.0 Å². The molecular formula is C16H21FN2O2. The van der Waals surface area contributed by atoms with Gasteiger partial charge in [-0.3, -0.25) is 9.59 Å². The highest BCUT2D eigenvalue weighted by Gasteiger charge is 2.22. The molecule has 1 fully saturated rings. The molecule has 0 radical (unpaired) electrons. The summed E-state index contributed by atoms with van der Waals surface area (Å²) in [5.74, 6) is -0.228. The Morgan fingerprint density at radius 2 is 1.95 bits per heavy atom. The molecule has 1 aliphatic heterocycles. The number of aryl methyl sites for hydroxylation is 1. The molecule has 2 amide bonds. The van der Waals surface area contributed by atoms with Gasteiger partial charge in [0, 0.05) is 32.5 Å². The molecule has 0 aliphatic carbocycles. The molecule has 1 heterocycles. The van der Waals surface area contributed by atoms with Gasteiger partial charge in [0.2, 0.25) is 11.8 Å². The van der Waals surface area contributed by atoms with Crippen LogP contribution in [0.25, 0.3) is 0 Å². The van der Waals surface area contributed by atoms with Crippen LogP contribution in [0.5, 0.6) is 0 Å². The summed E-state index contributed by atoms with van der Waals surface area (Å²) in [5, 5.41) is 2.88. The average molecular weight is 292 g/mol. The maximum atomic E-state index is 13.5. The second-order valence-corrected chi connectivity index (χ2v) is 5.45. The minimum atomic E-state index is -0.255. The summed E-state index contributed by atoms with van der Waals surface area (Å²) in [6.07, 6.45) is 2.32. The number of rotatable bonds is 4. The van der Waals surface area contributed by atoms with Crippen LogP contribution >= 0.6 is 0 Å². The number of hydrogen-bond acceptors (Lipinski definition) is 2. The molecule has 0 spiro atoms. The van der Waals surface area contributed by atoms with Gasteiger partial charge in [-0.2, -0.15) is 0 Å². The Labute approximate surface area is 124 Å². The predicted octanol–water partition coefficient (Wildman–Crippen LogP) is 1.89. The van der Waals surface area contributed by atoms with Crippen molar-refractivity contribution in [2.45, 2.75) is 38.6 Å². The number of hydrogen-bond donors (Lipinski definition) is 1. The van der Waals surface area contributed by atoms with Gasteiger partial charge in [-0.05, 0) is 30.9 Å². The van der Waals surface area contributed by atoms with Crippen molar-refractivity contribution >= 4 is 11.8 Å². The maximum absolute atomic E-state index is 13.5. The summed E-state index contributed by atoms with van der Waals surface area (Å²) in [5.41, 5.74) is 0.582. The van der Waals surface area contributed by atoms with E-state index < -0.39 is 0 Å². The first-order chi connectivity index (χ1) is 10.1. The highest BCUT2D eigenvalue weighted by Crippen LogP contribution is 2.14. The Morgan fingerprint density at radius 1 is 1.29 bits per heavy atom. The van der Waals surface area contributed by atoms with Crippen LogP contribution in [0.4, 0.5) is 4.39 Å². The molecule has 0 atom stereocenters. The first kappa shape index (κ1) is 15.5. The summed E-state index contributed by atoms with van der Waals surface area (Å²) in [6.45, 7) is 2.81. The molecule has 5 heteroatoms. The van der Waals surface area contributed by atoms with Crippen LogP contribution in [0.3, 0.4) is 0 Å². The van der Waals surface area contributed by atoms with Crippen LogP contribution in [0.15, 0.2) is 24.3 Å². The van der Waals surface area contributed by atoms with Crippen LogP contribution < -0.4 is 5.32 Å². The van der Waals surface area contributed by atoms with Crippen LogP contribution in [0, 0.1) is 5.82 Å². The first-order valence-corrected chi connectivity index (χ1v) is 7.34. The molecule has 114 valence electrons. The molecule has 1 N–H and O–H groups in total. The van der Waals surface area contributed by atoms with Gasteiger partial charge in [0.15, 0.2) is 0 Å². The Balaban J connectivity index is 1.77. The minimum absolute atomic E-state index is 0.0284. The smallest absolute Gasteiger partial charge is 0.222 e. The van der Waals surface area contributed by atoms with Gasteiger partial charge in [-0.25, -0.2) is 4.39 Å². The summed E-state index contributed by atoms with van der Waals surface area (Å²) < 4.78 is 13.5. The van der Waals surface area contributed by atoms with E-state index in [0.29, 0.717) is 31.5 Å². The van der Waals surface area contributed by atoms with Crippen molar-refractivity contribution in [1.29, 1.82) is 0 Å². The number of nitrogens with zero attached hydrogens (tertiary/aromatic N) is 1. The van der Waals surface area contributed by atoms with Gasteiger partial charge >= 0.3 is 0 Å². The minimum Gasteiger partial charge on any atom is -0.353 e. The first-order valence-electron chi connectivity index (χ1n) is 7.34. The standard InChI is InChI=1S/C16H21FN2O2/c1-12(20)18-14-8-10-19(11-9-14)16(21)7-6-13-4-2-3-5-15(13)17/h2-5,14H,6-11H2,1H3,(H,18,20). The zero-order valence-corrected chi connectivity index (χ0v) is 12.3. The fourth-order valence-electron chi connectivity index (χ4n) is 2.66. The lowest BCUT2D eigenvalue weighted by Crippen LogP contribution is -2.46. The molecule has 1 aliphatic rings. The van der Waals surface area contributed by atoms with E-state index in [1.165, 1.54) is 13.0 Å². The second kappa shape index (κ2) is 7.20. The lowest BCUT2D eigenvalue weighted by Gasteiger charge is -2.32. The van der Waals surface area contributed by atoms with Gasteiger partial charge in [-0.1, -0.05) is 18.2 Å². The second-order valence-electron chi connectivity index (χ2n) is 5.45. The van der Waals surface area contributed by atoms with Gasteiger partial charge < -0.3 is 10.2 Å². The van der Waals surface area contributed by atoms with Crippen molar-refractivity contribution in [3.63, 3.8) is 0 Å². The number of carbonyl (C=O) groups is 2. The Bertz CT molecular complexity index is 511. The average Bonchev–Trinajstić information content (AvgIpc) is 2.46. The van der Waals surface area contributed by atoms with Crippen molar-refractivity contribution < 1.29 is 14.0 Å². The number of nitrogens with one attached hydrogen (secondary N) is 1. The lowest BCUT2D eigenvalue weighted by atomic mass is 10.0. The molecule has 21 heavy (non-hydrogen) atoms. The van der Waals surface area contributed by atoms with Crippen molar-refractivity contribution in [2.75, 3.05) is 13.1 Å². The monoisotopic (exact) mass is 292 g/mol. The molecule has 2 rings (SSSR count). The highest BCUT2D eigenvalue weighted by atomic mass is 19.1. The number of benzene rings is 1. The number of likely N-dealkylation sites (tertiary alicyclic amines) is 1. The zero-order chi connectivity index (χ0) is 15.2. The SMILES string of the molecule is CC(=O)NC1CCN(C(=O)CCc2ccccc2F)CC1. The number of amides is 2. The third-order valence-electron chi connectivity index (χ3n) is 3.82. The molecule has 1 aromatic rings. The van der Waals surface area contributed by atoms with E-state index in [-0.39, 0.29) is 23.7 Å². The van der Waals surface area contributed by atoms with Gasteiger partial charge in [0.05, 0.1) is 0 Å². The van der Waals surface area contributed by atoms with E-state index in [2.05, 4.69) is 5.32 Å². The fraction of sp³-hybridized carbons (Fsp3) is 0.500. The summed E-state index contributed by atoms with van der Waals surface area (Å²) in [7, 11) is 0. The molecule has 0 bridgehead atoms. The summed E-state index contributed by atoms with van der Waals surface area (Å²) in [6, 6.07) is 6.72. The molecule has 0 unspecified atom stereocenters. The van der Waals surface area contributed by atoms with E-state index in [1.807, 2.05) is 0 Å². The van der Waals surface area contributed by atoms with Crippen LogP contribution in [0.2, 0.25) is 0 Å². The number of piperidine rings is 1. The number of carbonyl (C=O) groups excluding carboxylic acids is 2. The topological polar surface area (TPSA) is 49.4 Å². The van der Waals surface area contributed by atoms with E-state index in [4.69, 9.17) is 0 Å². The largest absolute Gasteiger partial charge is 0.353 e. The van der Waals surface area contributed by atoms with Gasteiger partial charge in [0.25, 0.3) is 0 Å². The summed E-state index contributed by atoms with van der Waals surface area (Å²) >= 11 is 0. The van der Waals surface area contributed by atoms with Crippen LogP contribution in [0.1, 0.15) is 31.7 Å². The van der Waals surface area contributed by atoms with E-state index in [9.17, 15) is 14.0 Å². The Morgan fingerprint density at radius 3 is 2.57 bits per heavy atom. The molecule has 1 aromatic carbocycles. The highest BCUT2D eigenvalue weighted by molar-refractivity contribution is 5.76. The quantitative estimate of drug-likeness (QED) is 0.921. The molecule has 4 nitrogen and oxygen atoms in total. The molecule has 0 saturated carbocycles. The van der Waals surface area contributed by atoms with E-state index >= 15 is 0 Å². The zero-order valence-electron chi connectivity index (χ0n) is 12.3. The molecular weight excluding hydrogens is 271 g/mol. The Kier molecular flexibility index (Phi) is 5.31. The van der Waals surface area contributed by atoms with Crippen molar-refractivity contribution in [2.24, 2.45) is 0 Å². The van der Waals surface area contributed by atoms with E-state index in [0.717, 1.165) is 12.8 Å². The Hall–Kier alpha value is -1.91. The van der Waals surface area contributed by atoms with Crippen LogP contribution in [-0.4, -0.2) is 35.8 Å². The maximum Gasteiger partial charge on any atom is 0.222 e. The van der Waals surface area contributed by atoms with Crippen molar-refractivity contribution in [3.8, 4) is 0 Å². The van der Waals surface area contributed by atoms with Gasteiger partial charge in [0.1, 0.15) is 5.82 Å². The number of halogens is 1. The van der Waals surface area contributed by atoms with Crippen molar-refractivity contribution in [3.05, 3.63) is 35.6 Å². The predicted molar refractivity (Wildman–Crippen MR) is 78.1 cm³/mol. The lowest BCUT2D eigenvalue weighted by molar-refractivity contribution is -0.132. The summed E-state index contributed by atoms with van der Waals surface area (Å²) in [4.78, 5) is 24.9. The normalized spacial score (nSPS) is 15.8.